The Morgan fingerprint density at radius 2 is 2.00 bits per heavy atom. The van der Waals surface area contributed by atoms with Crippen molar-refractivity contribution in [3.8, 4) is 0 Å². The molecule has 1 aliphatic carbocycles. The van der Waals surface area contributed by atoms with E-state index in [2.05, 4.69) is 4.74 Å². The normalized spacial score (nSPS) is 28.5. The van der Waals surface area contributed by atoms with Gasteiger partial charge in [0.2, 0.25) is 0 Å². The van der Waals surface area contributed by atoms with E-state index in [1.165, 1.54) is 13.8 Å². The molecule has 0 aromatic rings. The van der Waals surface area contributed by atoms with Crippen LogP contribution in [-0.4, -0.2) is 30.2 Å². The predicted octanol–water partition coefficient (Wildman–Crippen LogP) is 1.38. The van der Waals surface area contributed by atoms with Gasteiger partial charge in [-0.1, -0.05) is 13.8 Å². The molecule has 1 rings (SSSR count). The lowest BCUT2D eigenvalue weighted by molar-refractivity contribution is -0.142. The molecule has 76 valence electrons. The number of aliphatic carboxylic acids is 1. The van der Waals surface area contributed by atoms with Crippen molar-refractivity contribution in [3.63, 3.8) is 0 Å². The van der Waals surface area contributed by atoms with Crippen molar-refractivity contribution in [3.05, 3.63) is 0 Å². The minimum absolute atomic E-state index is 0.188. The highest BCUT2D eigenvalue weighted by molar-refractivity contribution is 5.67. The third kappa shape index (κ3) is 1.65. The number of hydrogen-bond acceptors (Lipinski definition) is 2. The monoisotopic (exact) mass is 194 g/mol. The maximum absolute atomic E-state index is 12.9. The van der Waals surface area contributed by atoms with Gasteiger partial charge in [0, 0.05) is 5.41 Å². The fraction of sp³-hybridized carbons (Fsp3) is 0.875. The van der Waals surface area contributed by atoms with Crippen molar-refractivity contribution >= 4 is 5.97 Å². The lowest BCUT2D eigenvalue weighted by Gasteiger charge is -1.99. The van der Waals surface area contributed by atoms with Gasteiger partial charge in [0.15, 0.2) is 0 Å². The zero-order valence-corrected chi connectivity index (χ0v) is 7.51. The Labute approximate surface area is 74.7 Å². The zero-order chi connectivity index (χ0) is 10.3. The summed E-state index contributed by atoms with van der Waals surface area (Å²) >= 11 is 0. The summed E-state index contributed by atoms with van der Waals surface area (Å²) in [5.41, 5.74) is -1.05. The Balaban J connectivity index is 2.30. The SMILES string of the molecule is CC1(C)C(COCC(=O)O)C1(F)F. The summed E-state index contributed by atoms with van der Waals surface area (Å²) in [4.78, 5) is 10.0. The fourth-order valence-corrected chi connectivity index (χ4v) is 1.33. The van der Waals surface area contributed by atoms with Crippen LogP contribution in [-0.2, 0) is 9.53 Å². The van der Waals surface area contributed by atoms with E-state index in [1.807, 2.05) is 0 Å². The molecule has 1 saturated carbocycles. The first-order valence-electron chi connectivity index (χ1n) is 3.97. The van der Waals surface area contributed by atoms with Crippen LogP contribution in [0.15, 0.2) is 0 Å². The molecule has 0 aromatic carbocycles. The number of hydrogen-bond donors (Lipinski definition) is 1. The predicted molar refractivity (Wildman–Crippen MR) is 40.7 cm³/mol. The summed E-state index contributed by atoms with van der Waals surface area (Å²) in [5.74, 6) is -4.70. The molecule has 5 heteroatoms. The molecule has 0 amide bonds. The molecule has 13 heavy (non-hydrogen) atoms. The molecule has 1 N–H and O–H groups in total. The van der Waals surface area contributed by atoms with E-state index in [1.54, 1.807) is 0 Å². The molecule has 0 bridgehead atoms. The quantitative estimate of drug-likeness (QED) is 0.735. The topological polar surface area (TPSA) is 46.5 Å². The Bertz CT molecular complexity index is 211. The summed E-state index contributed by atoms with van der Waals surface area (Å²) < 4.78 is 30.4. The molecule has 1 unspecified atom stereocenters. The van der Waals surface area contributed by atoms with Crippen LogP contribution in [0.3, 0.4) is 0 Å². The number of carbonyl (C=O) groups is 1. The lowest BCUT2D eigenvalue weighted by atomic mass is 10.1. The standard InChI is InChI=1S/C8H12F2O3/c1-7(2)5(8(7,9)10)3-13-4-6(11)12/h5H,3-4H2,1-2H3,(H,11,12). The molecule has 0 heterocycles. The van der Waals surface area contributed by atoms with E-state index in [0.29, 0.717) is 0 Å². The van der Waals surface area contributed by atoms with Crippen molar-refractivity contribution in [2.75, 3.05) is 13.2 Å². The summed E-state index contributed by atoms with van der Waals surface area (Å²) in [6.07, 6.45) is 0. The van der Waals surface area contributed by atoms with Crippen molar-refractivity contribution in [1.29, 1.82) is 0 Å². The van der Waals surface area contributed by atoms with Gasteiger partial charge in [0.25, 0.3) is 5.92 Å². The second-order valence-corrected chi connectivity index (χ2v) is 3.81. The van der Waals surface area contributed by atoms with Gasteiger partial charge >= 0.3 is 5.97 Å². The molecule has 3 nitrogen and oxygen atoms in total. The van der Waals surface area contributed by atoms with E-state index < -0.39 is 29.8 Å². The van der Waals surface area contributed by atoms with Gasteiger partial charge in [-0.3, -0.25) is 0 Å². The van der Waals surface area contributed by atoms with Crippen molar-refractivity contribution in [1.82, 2.24) is 0 Å². The van der Waals surface area contributed by atoms with Crippen molar-refractivity contribution in [2.24, 2.45) is 11.3 Å². The second-order valence-electron chi connectivity index (χ2n) is 3.81. The van der Waals surface area contributed by atoms with E-state index in [4.69, 9.17) is 5.11 Å². The highest BCUT2D eigenvalue weighted by Gasteiger charge is 2.74. The van der Waals surface area contributed by atoms with Crippen LogP contribution in [0.5, 0.6) is 0 Å². The van der Waals surface area contributed by atoms with Crippen LogP contribution in [0.1, 0.15) is 13.8 Å². The summed E-state index contributed by atoms with van der Waals surface area (Å²) in [6.45, 7) is 2.19. The molecular weight excluding hydrogens is 182 g/mol. The minimum atomic E-state index is -2.72. The van der Waals surface area contributed by atoms with Crippen LogP contribution in [0.4, 0.5) is 8.78 Å². The third-order valence-electron chi connectivity index (χ3n) is 2.59. The first-order valence-corrected chi connectivity index (χ1v) is 3.97. The Morgan fingerprint density at radius 1 is 1.54 bits per heavy atom. The number of carboxylic acids is 1. The zero-order valence-electron chi connectivity index (χ0n) is 7.51. The minimum Gasteiger partial charge on any atom is -0.480 e. The molecule has 1 atom stereocenters. The van der Waals surface area contributed by atoms with Crippen LogP contribution in [0.2, 0.25) is 0 Å². The number of rotatable bonds is 4. The van der Waals surface area contributed by atoms with Crippen LogP contribution in [0, 0.1) is 11.3 Å². The average Bonchev–Trinajstić information content (AvgIpc) is 2.30. The van der Waals surface area contributed by atoms with Gasteiger partial charge in [-0.15, -0.1) is 0 Å². The van der Waals surface area contributed by atoms with Crippen LogP contribution >= 0.6 is 0 Å². The first kappa shape index (κ1) is 10.4. The summed E-state index contributed by atoms with van der Waals surface area (Å²) in [5, 5.41) is 8.19. The van der Waals surface area contributed by atoms with Crippen molar-refractivity contribution < 1.29 is 23.4 Å². The Kier molecular flexibility index (Phi) is 2.32. The second kappa shape index (κ2) is 2.90. The number of halogens is 2. The van der Waals surface area contributed by atoms with Gasteiger partial charge in [-0.05, 0) is 0 Å². The van der Waals surface area contributed by atoms with Gasteiger partial charge in [-0.2, -0.15) is 0 Å². The highest BCUT2D eigenvalue weighted by Crippen LogP contribution is 2.65. The number of carboxylic acid groups (broad SMARTS) is 1. The van der Waals surface area contributed by atoms with Crippen molar-refractivity contribution in [2.45, 2.75) is 19.8 Å². The molecule has 0 aliphatic heterocycles. The molecule has 0 spiro atoms. The van der Waals surface area contributed by atoms with Crippen LogP contribution < -0.4 is 0 Å². The fourth-order valence-electron chi connectivity index (χ4n) is 1.33. The molecule has 0 saturated heterocycles. The first-order chi connectivity index (χ1) is 5.80. The molecule has 1 aliphatic rings. The smallest absolute Gasteiger partial charge is 0.329 e. The van der Waals surface area contributed by atoms with E-state index in [-0.39, 0.29) is 6.61 Å². The van der Waals surface area contributed by atoms with E-state index in [9.17, 15) is 13.6 Å². The number of alkyl halides is 2. The Hall–Kier alpha value is -0.710. The van der Waals surface area contributed by atoms with Crippen LogP contribution in [0.25, 0.3) is 0 Å². The molecule has 1 fully saturated rings. The number of ether oxygens (including phenoxy) is 1. The van der Waals surface area contributed by atoms with Gasteiger partial charge in [0.05, 0.1) is 12.5 Å². The summed E-state index contributed by atoms with van der Waals surface area (Å²) in [7, 11) is 0. The van der Waals surface area contributed by atoms with Gasteiger partial charge in [-0.25, -0.2) is 13.6 Å². The summed E-state index contributed by atoms with van der Waals surface area (Å²) in [6, 6.07) is 0. The highest BCUT2D eigenvalue weighted by atomic mass is 19.3. The van der Waals surface area contributed by atoms with E-state index in [0.717, 1.165) is 0 Å². The molecule has 0 radical (unpaired) electrons. The molecule has 0 aromatic heterocycles. The van der Waals surface area contributed by atoms with E-state index >= 15 is 0 Å². The lowest BCUT2D eigenvalue weighted by Crippen LogP contribution is -2.10. The maximum Gasteiger partial charge on any atom is 0.329 e. The largest absolute Gasteiger partial charge is 0.480 e. The maximum atomic E-state index is 12.9. The van der Waals surface area contributed by atoms with Gasteiger partial charge < -0.3 is 9.84 Å². The van der Waals surface area contributed by atoms with Gasteiger partial charge in [0.1, 0.15) is 6.61 Å². The molecular formula is C8H12F2O3. The third-order valence-corrected chi connectivity index (χ3v) is 2.59. The average molecular weight is 194 g/mol. The Morgan fingerprint density at radius 3 is 2.31 bits per heavy atom.